The summed E-state index contributed by atoms with van der Waals surface area (Å²) >= 11 is 0. The number of hydrogen-bond acceptors (Lipinski definition) is 8. The van der Waals surface area contributed by atoms with Crippen LogP contribution in [0, 0.1) is 23.6 Å². The number of ether oxygens (including phenoxy) is 1. The van der Waals surface area contributed by atoms with Gasteiger partial charge in [-0.3, -0.25) is 24.6 Å². The predicted molar refractivity (Wildman–Crippen MR) is 208 cm³/mol. The van der Waals surface area contributed by atoms with Gasteiger partial charge in [0.25, 0.3) is 5.91 Å². The highest BCUT2D eigenvalue weighted by molar-refractivity contribution is 6.05. The highest BCUT2D eigenvalue weighted by Gasteiger charge is 2.40. The largest absolute Gasteiger partial charge is 0.508 e. The number of anilines is 2. The Balaban J connectivity index is 0.787. The Kier molecular flexibility index (Phi) is 10.0. The zero-order chi connectivity index (χ0) is 37.6. The van der Waals surface area contributed by atoms with Gasteiger partial charge in [0.15, 0.2) is 0 Å². The Morgan fingerprint density at radius 2 is 1.58 bits per heavy atom. The van der Waals surface area contributed by atoms with Gasteiger partial charge in [0, 0.05) is 89.2 Å². The van der Waals surface area contributed by atoms with Gasteiger partial charge in [0.2, 0.25) is 11.8 Å². The fourth-order valence-corrected chi connectivity index (χ4v) is 10.6. The molecule has 5 aliphatic heterocycles. The Morgan fingerprint density at radius 1 is 0.782 bits per heavy atom. The van der Waals surface area contributed by atoms with Gasteiger partial charge in [0.05, 0.1) is 5.69 Å². The number of carbonyl (C=O) groups excluding carboxylic acids is 3. The first kappa shape index (κ1) is 36.2. The Morgan fingerprint density at radius 3 is 2.35 bits per heavy atom. The molecule has 5 heterocycles. The Bertz CT molecular complexity index is 1950. The van der Waals surface area contributed by atoms with Gasteiger partial charge in [-0.15, -0.1) is 0 Å². The molecule has 0 unspecified atom stereocenters. The summed E-state index contributed by atoms with van der Waals surface area (Å²) in [5.41, 5.74) is 6.84. The van der Waals surface area contributed by atoms with Crippen molar-refractivity contribution in [3.05, 3.63) is 88.2 Å². The number of nitrogens with one attached hydrogen (secondary N) is 1. The van der Waals surface area contributed by atoms with Crippen LogP contribution in [0.25, 0.3) is 0 Å². The number of aromatic hydroxyl groups is 1. The van der Waals surface area contributed by atoms with Gasteiger partial charge in [-0.2, -0.15) is 0 Å². The maximum atomic E-state index is 16.1. The molecule has 6 aliphatic rings. The van der Waals surface area contributed by atoms with Crippen molar-refractivity contribution in [2.24, 2.45) is 17.8 Å². The number of nitrogens with zero attached hydrogens (tertiary/aromatic N) is 4. The number of halogens is 1. The molecule has 0 spiro atoms. The molecule has 2 N–H and O–H groups in total. The van der Waals surface area contributed by atoms with Crippen LogP contribution in [0.4, 0.5) is 15.8 Å². The number of carbonyl (C=O) groups is 3. The van der Waals surface area contributed by atoms with Crippen LogP contribution in [0.1, 0.15) is 83.5 Å². The lowest BCUT2D eigenvalue weighted by molar-refractivity contribution is -0.136. The quantitative estimate of drug-likeness (QED) is 0.308. The fourth-order valence-electron chi connectivity index (χ4n) is 10.6. The van der Waals surface area contributed by atoms with E-state index in [0.717, 1.165) is 114 Å². The maximum absolute atomic E-state index is 16.1. The minimum absolute atomic E-state index is 0.115. The molecule has 1 aliphatic carbocycles. The number of fused-ring (bicyclic) bond motifs is 2. The summed E-state index contributed by atoms with van der Waals surface area (Å²) in [5, 5.41) is 12.6. The number of rotatable bonds is 7. The lowest BCUT2D eigenvalue weighted by atomic mass is 9.65. The maximum Gasteiger partial charge on any atom is 0.255 e. The first-order valence-corrected chi connectivity index (χ1v) is 20.5. The van der Waals surface area contributed by atoms with Crippen LogP contribution in [-0.4, -0.2) is 97.7 Å². The minimum Gasteiger partial charge on any atom is -0.508 e. The number of piperazine rings is 1. The smallest absolute Gasteiger partial charge is 0.255 e. The summed E-state index contributed by atoms with van der Waals surface area (Å²) in [6.45, 7) is 8.47. The normalized spacial score (nSPS) is 25.6. The molecule has 0 saturated carbocycles. The van der Waals surface area contributed by atoms with E-state index in [9.17, 15) is 19.5 Å². The van der Waals surface area contributed by atoms with Crippen LogP contribution < -0.4 is 15.1 Å². The molecule has 0 aromatic heterocycles. The van der Waals surface area contributed by atoms with Crippen LogP contribution in [0.5, 0.6) is 5.75 Å². The zero-order valence-electron chi connectivity index (χ0n) is 31.6. The van der Waals surface area contributed by atoms with Crippen LogP contribution >= 0.6 is 0 Å². The van der Waals surface area contributed by atoms with Crippen LogP contribution in [-0.2, 0) is 27.3 Å². The van der Waals surface area contributed by atoms with Gasteiger partial charge < -0.3 is 24.5 Å². The third kappa shape index (κ3) is 7.21. The van der Waals surface area contributed by atoms with Gasteiger partial charge in [-0.1, -0.05) is 12.1 Å². The molecular formula is C44H52FN5O5. The first-order chi connectivity index (χ1) is 26.8. The zero-order valence-corrected chi connectivity index (χ0v) is 31.6. The molecule has 10 nitrogen and oxygen atoms in total. The van der Waals surface area contributed by atoms with Crippen molar-refractivity contribution in [2.75, 3.05) is 68.8 Å². The highest BCUT2D eigenvalue weighted by atomic mass is 19.1. The number of phenolic OH excluding ortho intramolecular Hbond substituents is 1. The summed E-state index contributed by atoms with van der Waals surface area (Å²) in [4.78, 5) is 46.0. The van der Waals surface area contributed by atoms with Crippen molar-refractivity contribution in [2.45, 2.75) is 69.9 Å². The summed E-state index contributed by atoms with van der Waals surface area (Å²) in [6, 6.07) is 17.1. The summed E-state index contributed by atoms with van der Waals surface area (Å²) in [7, 11) is 0. The molecule has 4 saturated heterocycles. The average molecular weight is 750 g/mol. The summed E-state index contributed by atoms with van der Waals surface area (Å²) in [6.07, 6.45) is 6.77. The number of aryl methyl sites for hydroxylation is 1. The van der Waals surface area contributed by atoms with E-state index in [1.165, 1.54) is 11.1 Å². The van der Waals surface area contributed by atoms with Crippen LogP contribution in [0.3, 0.4) is 0 Å². The molecule has 0 radical (unpaired) electrons. The van der Waals surface area contributed by atoms with E-state index in [0.29, 0.717) is 47.7 Å². The number of amides is 3. The van der Waals surface area contributed by atoms with Gasteiger partial charge in [-0.25, -0.2) is 4.39 Å². The van der Waals surface area contributed by atoms with E-state index in [-0.39, 0.29) is 35.9 Å². The minimum atomic E-state index is -0.603. The summed E-state index contributed by atoms with van der Waals surface area (Å²) in [5.74, 6) is 1.03. The van der Waals surface area contributed by atoms with E-state index in [1.807, 2.05) is 24.3 Å². The molecular weight excluding hydrogens is 698 g/mol. The van der Waals surface area contributed by atoms with E-state index in [4.69, 9.17) is 4.74 Å². The predicted octanol–water partition coefficient (Wildman–Crippen LogP) is 5.45. The van der Waals surface area contributed by atoms with Crippen molar-refractivity contribution < 1.29 is 28.6 Å². The molecule has 4 fully saturated rings. The van der Waals surface area contributed by atoms with Crippen molar-refractivity contribution >= 4 is 29.1 Å². The fraction of sp³-hybridized carbons (Fsp3) is 0.523. The molecule has 0 bridgehead atoms. The van der Waals surface area contributed by atoms with Gasteiger partial charge in [0.1, 0.15) is 17.6 Å². The lowest BCUT2D eigenvalue weighted by Crippen LogP contribution is -2.52. The first-order valence-electron chi connectivity index (χ1n) is 20.5. The van der Waals surface area contributed by atoms with Crippen LogP contribution in [0.15, 0.2) is 54.6 Å². The third-order valence-electron chi connectivity index (χ3n) is 13.6. The Hall–Kier alpha value is -4.48. The van der Waals surface area contributed by atoms with E-state index < -0.39 is 6.04 Å². The monoisotopic (exact) mass is 749 g/mol. The summed E-state index contributed by atoms with van der Waals surface area (Å²) < 4.78 is 21.8. The number of benzene rings is 3. The molecule has 3 aromatic rings. The molecule has 11 heteroatoms. The molecule has 3 aromatic carbocycles. The second-order valence-electron chi connectivity index (χ2n) is 16.7. The van der Waals surface area contributed by atoms with Crippen molar-refractivity contribution in [1.82, 2.24) is 15.1 Å². The third-order valence-corrected chi connectivity index (χ3v) is 13.6. The van der Waals surface area contributed by atoms with Gasteiger partial charge in [-0.05, 0) is 127 Å². The molecule has 55 heavy (non-hydrogen) atoms. The number of phenols is 1. The standard InChI is InChI=1S/C44H52FN5O5/c45-38-25-31(42-35(29-13-21-55-22-14-29)5-1-30-24-34(51)4-7-36(30)42)2-8-39(38)49-15-11-28(12-16-49)26-47-17-19-48(20-18-47)33-3-6-37-32(23-33)27-50(44(37)54)40-9-10-41(52)46-43(40)53/h2-4,6-8,23-25,28-29,35,40,42,51H,1,5,9-22,26-27H2,(H,46,52,53)/t35-,40+,42+/m0/s1. The second kappa shape index (κ2) is 15.2. The van der Waals surface area contributed by atoms with Crippen molar-refractivity contribution in [3.8, 4) is 5.75 Å². The van der Waals surface area contributed by atoms with Crippen molar-refractivity contribution in [1.29, 1.82) is 0 Å². The SMILES string of the molecule is O=C1CC[C@@H](N2Cc3cc(N4CCN(CC5CCN(c6ccc([C@H]7c8ccc(O)cc8CC[C@H]7C7CCOCC7)cc6F)CC5)CC4)ccc3C2=O)C(=O)N1. The van der Waals surface area contributed by atoms with E-state index >= 15 is 4.39 Å². The molecule has 290 valence electrons. The second-order valence-corrected chi connectivity index (χ2v) is 16.7. The number of hydrogen-bond donors (Lipinski definition) is 2. The Labute approximate surface area is 322 Å². The number of imide groups is 1. The topological polar surface area (TPSA) is 106 Å². The van der Waals surface area contributed by atoms with Crippen LogP contribution in [0.2, 0.25) is 0 Å². The van der Waals surface area contributed by atoms with Gasteiger partial charge >= 0.3 is 0 Å². The molecule has 3 atom stereocenters. The molecule has 9 rings (SSSR count). The average Bonchev–Trinajstić information content (AvgIpc) is 3.53. The van der Waals surface area contributed by atoms with E-state index in [2.05, 4.69) is 38.2 Å². The van der Waals surface area contributed by atoms with E-state index in [1.54, 1.807) is 17.0 Å². The lowest BCUT2D eigenvalue weighted by Gasteiger charge is -2.41. The molecule has 3 amide bonds. The van der Waals surface area contributed by atoms with Crippen molar-refractivity contribution in [3.63, 3.8) is 0 Å². The number of piperidine rings is 2. The highest BCUT2D eigenvalue weighted by Crippen LogP contribution is 2.48.